The number of rotatable bonds is 5. The number of hydrogen-bond donors (Lipinski definition) is 2. The number of nitrogens with one attached hydrogen (secondary N) is 2. The maximum absolute atomic E-state index is 12.2. The number of anilines is 1. The van der Waals surface area contributed by atoms with Gasteiger partial charge in [-0.05, 0) is 36.2 Å². The largest absolute Gasteiger partial charge is 0.486 e. The molecule has 0 aromatic heterocycles. The summed E-state index contributed by atoms with van der Waals surface area (Å²) in [5.74, 6) is 0.555. The number of carbonyl (C=O) groups excluding carboxylic acids is 2. The van der Waals surface area contributed by atoms with Crippen LogP contribution >= 0.6 is 0 Å². The Balaban J connectivity index is 1.57. The van der Waals surface area contributed by atoms with Crippen LogP contribution in [0.2, 0.25) is 0 Å². The molecular formula is C19H20N2O4. The first kappa shape index (κ1) is 16.8. The fourth-order valence-corrected chi connectivity index (χ4v) is 2.59. The van der Waals surface area contributed by atoms with E-state index in [0.717, 1.165) is 17.7 Å². The number of hydrogen-bond acceptors (Lipinski definition) is 4. The molecule has 6 heteroatoms. The molecule has 0 spiro atoms. The number of ether oxygens (including phenoxy) is 2. The van der Waals surface area contributed by atoms with E-state index in [0.29, 0.717) is 30.3 Å². The Morgan fingerprint density at radius 3 is 2.60 bits per heavy atom. The summed E-state index contributed by atoms with van der Waals surface area (Å²) in [6.07, 6.45) is 0.819. The minimum atomic E-state index is -0.337. The van der Waals surface area contributed by atoms with Crippen LogP contribution in [0.25, 0.3) is 0 Å². The molecule has 0 atom stereocenters. The highest BCUT2D eigenvalue weighted by atomic mass is 16.6. The Labute approximate surface area is 146 Å². The van der Waals surface area contributed by atoms with E-state index in [1.54, 1.807) is 18.2 Å². The van der Waals surface area contributed by atoms with Gasteiger partial charge in [-0.15, -0.1) is 0 Å². The molecule has 3 rings (SSSR count). The Morgan fingerprint density at radius 2 is 1.80 bits per heavy atom. The van der Waals surface area contributed by atoms with E-state index in [2.05, 4.69) is 10.6 Å². The maximum Gasteiger partial charge on any atom is 0.251 e. The van der Waals surface area contributed by atoms with Gasteiger partial charge in [0, 0.05) is 11.3 Å². The van der Waals surface area contributed by atoms with Gasteiger partial charge in [-0.3, -0.25) is 9.59 Å². The second-order valence-electron chi connectivity index (χ2n) is 5.60. The number of carbonyl (C=O) groups is 2. The third-order valence-electron chi connectivity index (χ3n) is 3.89. The molecule has 1 heterocycles. The molecule has 130 valence electrons. The van der Waals surface area contributed by atoms with E-state index >= 15 is 0 Å². The predicted molar refractivity (Wildman–Crippen MR) is 94.2 cm³/mol. The molecule has 2 N–H and O–H groups in total. The van der Waals surface area contributed by atoms with Crippen molar-refractivity contribution in [3.63, 3.8) is 0 Å². The standard InChI is InChI=1S/C19H20N2O4/c1-2-13-5-3-4-6-15(13)21-18(22)12-20-19(23)14-7-8-16-17(11-14)25-10-9-24-16/h3-8,11H,2,9-10,12H2,1H3,(H,20,23)(H,21,22). The van der Waals surface area contributed by atoms with Crippen molar-refractivity contribution in [1.29, 1.82) is 0 Å². The second kappa shape index (κ2) is 7.70. The molecule has 0 saturated heterocycles. The normalized spacial score (nSPS) is 12.4. The first-order valence-electron chi connectivity index (χ1n) is 8.23. The van der Waals surface area contributed by atoms with E-state index in [4.69, 9.17) is 9.47 Å². The number of fused-ring (bicyclic) bond motifs is 1. The van der Waals surface area contributed by atoms with Gasteiger partial charge in [0.1, 0.15) is 13.2 Å². The molecule has 2 amide bonds. The Hall–Kier alpha value is -3.02. The van der Waals surface area contributed by atoms with Crippen LogP contribution in [-0.2, 0) is 11.2 Å². The van der Waals surface area contributed by atoms with Crippen molar-refractivity contribution in [2.75, 3.05) is 25.1 Å². The molecular weight excluding hydrogens is 320 g/mol. The molecule has 1 aliphatic rings. The first-order chi connectivity index (χ1) is 12.2. The van der Waals surface area contributed by atoms with Crippen LogP contribution in [0.4, 0.5) is 5.69 Å². The molecule has 2 aromatic carbocycles. The molecule has 0 unspecified atom stereocenters. The third-order valence-corrected chi connectivity index (χ3v) is 3.89. The molecule has 0 bridgehead atoms. The van der Waals surface area contributed by atoms with Crippen molar-refractivity contribution in [1.82, 2.24) is 5.32 Å². The van der Waals surface area contributed by atoms with Crippen molar-refractivity contribution in [3.8, 4) is 11.5 Å². The van der Waals surface area contributed by atoms with Crippen LogP contribution < -0.4 is 20.1 Å². The van der Waals surface area contributed by atoms with Gasteiger partial charge in [-0.2, -0.15) is 0 Å². The van der Waals surface area contributed by atoms with Crippen LogP contribution in [0.15, 0.2) is 42.5 Å². The highest BCUT2D eigenvalue weighted by Gasteiger charge is 2.15. The Kier molecular flexibility index (Phi) is 5.18. The fourth-order valence-electron chi connectivity index (χ4n) is 2.59. The summed E-state index contributed by atoms with van der Waals surface area (Å²) in [4.78, 5) is 24.3. The van der Waals surface area contributed by atoms with Gasteiger partial charge in [-0.1, -0.05) is 25.1 Å². The zero-order chi connectivity index (χ0) is 17.6. The third kappa shape index (κ3) is 4.09. The van der Waals surface area contributed by atoms with Crippen LogP contribution in [0.3, 0.4) is 0 Å². The summed E-state index contributed by atoms with van der Waals surface area (Å²) in [6, 6.07) is 12.6. The van der Waals surface area contributed by atoms with Crippen LogP contribution in [0, 0.1) is 0 Å². The van der Waals surface area contributed by atoms with Crippen LogP contribution in [0.1, 0.15) is 22.8 Å². The van der Waals surface area contributed by atoms with Gasteiger partial charge in [0.15, 0.2) is 11.5 Å². The summed E-state index contributed by atoms with van der Waals surface area (Å²) >= 11 is 0. The molecule has 0 saturated carbocycles. The van der Waals surface area contributed by atoms with E-state index in [9.17, 15) is 9.59 Å². The highest BCUT2D eigenvalue weighted by molar-refractivity contribution is 5.99. The number of aryl methyl sites for hydroxylation is 1. The summed E-state index contributed by atoms with van der Waals surface area (Å²) in [5.41, 5.74) is 2.24. The molecule has 2 aromatic rings. The molecule has 0 aliphatic carbocycles. The quantitative estimate of drug-likeness (QED) is 0.876. The molecule has 1 aliphatic heterocycles. The average molecular weight is 340 g/mol. The first-order valence-corrected chi connectivity index (χ1v) is 8.23. The molecule has 25 heavy (non-hydrogen) atoms. The van der Waals surface area contributed by atoms with E-state index in [1.807, 2.05) is 31.2 Å². The summed E-state index contributed by atoms with van der Waals surface area (Å²) < 4.78 is 10.9. The SMILES string of the molecule is CCc1ccccc1NC(=O)CNC(=O)c1ccc2c(c1)OCCO2. The van der Waals surface area contributed by atoms with Crippen molar-refractivity contribution < 1.29 is 19.1 Å². The lowest BCUT2D eigenvalue weighted by Crippen LogP contribution is -2.33. The van der Waals surface area contributed by atoms with Crippen molar-refractivity contribution in [3.05, 3.63) is 53.6 Å². The van der Waals surface area contributed by atoms with Gasteiger partial charge >= 0.3 is 0 Å². The summed E-state index contributed by atoms with van der Waals surface area (Å²) in [7, 11) is 0. The van der Waals surface area contributed by atoms with Crippen LogP contribution in [-0.4, -0.2) is 31.6 Å². The minimum absolute atomic E-state index is 0.106. The lowest BCUT2D eigenvalue weighted by molar-refractivity contribution is -0.115. The van der Waals surface area contributed by atoms with E-state index < -0.39 is 0 Å². The van der Waals surface area contributed by atoms with Gasteiger partial charge < -0.3 is 20.1 Å². The monoisotopic (exact) mass is 340 g/mol. The molecule has 6 nitrogen and oxygen atoms in total. The van der Waals surface area contributed by atoms with Crippen LogP contribution in [0.5, 0.6) is 11.5 Å². The lowest BCUT2D eigenvalue weighted by atomic mass is 10.1. The second-order valence-corrected chi connectivity index (χ2v) is 5.60. The number of benzene rings is 2. The number of amides is 2. The average Bonchev–Trinajstić information content (AvgIpc) is 2.66. The van der Waals surface area contributed by atoms with Gasteiger partial charge in [0.2, 0.25) is 5.91 Å². The zero-order valence-corrected chi connectivity index (χ0v) is 14.0. The number of para-hydroxylation sites is 1. The van der Waals surface area contributed by atoms with Gasteiger partial charge in [-0.25, -0.2) is 0 Å². The molecule has 0 radical (unpaired) electrons. The lowest BCUT2D eigenvalue weighted by Gasteiger charge is -2.18. The van der Waals surface area contributed by atoms with Crippen molar-refractivity contribution >= 4 is 17.5 Å². The van der Waals surface area contributed by atoms with E-state index in [1.165, 1.54) is 0 Å². The Morgan fingerprint density at radius 1 is 1.04 bits per heavy atom. The minimum Gasteiger partial charge on any atom is -0.486 e. The maximum atomic E-state index is 12.2. The topological polar surface area (TPSA) is 76.7 Å². The Bertz CT molecular complexity index is 789. The highest BCUT2D eigenvalue weighted by Crippen LogP contribution is 2.30. The zero-order valence-electron chi connectivity index (χ0n) is 14.0. The predicted octanol–water partition coefficient (Wildman–Crippen LogP) is 2.39. The van der Waals surface area contributed by atoms with Crippen molar-refractivity contribution in [2.24, 2.45) is 0 Å². The van der Waals surface area contributed by atoms with E-state index in [-0.39, 0.29) is 18.4 Å². The smallest absolute Gasteiger partial charge is 0.251 e. The fraction of sp³-hybridized carbons (Fsp3) is 0.263. The molecule has 0 fully saturated rings. The summed E-state index contributed by atoms with van der Waals surface area (Å²) in [5, 5.41) is 5.44. The summed E-state index contributed by atoms with van der Waals surface area (Å²) in [6.45, 7) is 2.87. The van der Waals surface area contributed by atoms with Gasteiger partial charge in [0.25, 0.3) is 5.91 Å². The van der Waals surface area contributed by atoms with Gasteiger partial charge in [0.05, 0.1) is 6.54 Å². The van der Waals surface area contributed by atoms with Crippen molar-refractivity contribution in [2.45, 2.75) is 13.3 Å².